The zero-order valence-electron chi connectivity index (χ0n) is 13.9. The number of rotatable bonds is 8. The van der Waals surface area contributed by atoms with E-state index in [1.165, 1.54) is 0 Å². The molecule has 0 aromatic carbocycles. The second-order valence-corrected chi connectivity index (χ2v) is 9.85. The number of halogens is 1. The number of hydrogen-bond acceptors (Lipinski definition) is 11. The van der Waals surface area contributed by atoms with Gasteiger partial charge in [0.15, 0.2) is 12.4 Å². The molecule has 2 heterocycles. The molecule has 16 nitrogen and oxygen atoms in total. The van der Waals surface area contributed by atoms with Crippen molar-refractivity contribution < 1.29 is 60.6 Å². The van der Waals surface area contributed by atoms with Crippen LogP contribution in [0.4, 0.5) is 10.2 Å². The number of phosphoric acid groups is 3. The molecule has 0 bridgehead atoms. The van der Waals surface area contributed by atoms with E-state index in [1.807, 2.05) is 0 Å². The average molecular weight is 485 g/mol. The molecule has 1 saturated heterocycles. The molecule has 1 fully saturated rings. The van der Waals surface area contributed by atoms with E-state index < -0.39 is 60.4 Å². The van der Waals surface area contributed by atoms with Crippen LogP contribution in [-0.2, 0) is 31.6 Å². The van der Waals surface area contributed by atoms with Gasteiger partial charge in [-0.1, -0.05) is 0 Å². The number of hydrogen-bond donors (Lipinski definition) is 6. The third-order valence-electron chi connectivity index (χ3n) is 3.24. The molecule has 166 valence electrons. The number of nitrogen functional groups attached to an aromatic ring is 1. The number of aliphatic hydroxyl groups excluding tert-OH is 1. The summed E-state index contributed by atoms with van der Waals surface area (Å²) in [5, 5.41) is 9.83. The highest BCUT2D eigenvalue weighted by Crippen LogP contribution is 2.66. The van der Waals surface area contributed by atoms with Gasteiger partial charge in [0, 0.05) is 6.20 Å². The summed E-state index contributed by atoms with van der Waals surface area (Å²) in [6, 6.07) is 1.14. The quantitative estimate of drug-likeness (QED) is 0.236. The fraction of sp³-hybridized carbons (Fsp3) is 0.556. The lowest BCUT2D eigenvalue weighted by atomic mass is 10.1. The standard InChI is InChI=1S/C9H15FN3O13P3/c10-6-7(14)4(24-8(6)13-2-1-5(11)12-9(13)15)3-23-28(19,20)26-29(21,22)25-27(16,17)18/h1-2,4,6-8,14H,3H2,(H,19,20)(H,21,22)(H2,11,12,15)(H2,16,17,18)/t4-,6?,7+,8-/m1/s1. The summed E-state index contributed by atoms with van der Waals surface area (Å²) < 4.78 is 64.6. The SMILES string of the molecule is Nc1ccn([C@@H]2O[C@H](COP(=O)(O)OP(=O)(O)OP(=O)(O)O)[C@H](O)C2F)c(=O)n1. The number of aliphatic hydroxyl groups is 1. The van der Waals surface area contributed by atoms with Crippen LogP contribution in [0.15, 0.2) is 17.1 Å². The topological polar surface area (TPSA) is 250 Å². The van der Waals surface area contributed by atoms with Gasteiger partial charge in [-0.3, -0.25) is 9.09 Å². The molecule has 3 unspecified atom stereocenters. The second-order valence-electron chi connectivity index (χ2n) is 5.43. The molecule has 1 aromatic heterocycles. The first-order chi connectivity index (χ1) is 13.1. The van der Waals surface area contributed by atoms with Gasteiger partial charge in [-0.25, -0.2) is 22.9 Å². The van der Waals surface area contributed by atoms with Crippen molar-refractivity contribution in [2.45, 2.75) is 24.6 Å². The smallest absolute Gasteiger partial charge is 0.387 e. The highest BCUT2D eigenvalue weighted by molar-refractivity contribution is 7.66. The van der Waals surface area contributed by atoms with Gasteiger partial charge in [0.25, 0.3) is 0 Å². The molecule has 0 saturated carbocycles. The van der Waals surface area contributed by atoms with E-state index in [0.29, 0.717) is 4.57 Å². The largest absolute Gasteiger partial charge is 0.490 e. The van der Waals surface area contributed by atoms with Gasteiger partial charge in [-0.15, -0.1) is 0 Å². The first-order valence-electron chi connectivity index (χ1n) is 7.21. The molecule has 7 N–H and O–H groups in total. The fourth-order valence-electron chi connectivity index (χ4n) is 2.16. The Morgan fingerprint density at radius 1 is 1.21 bits per heavy atom. The minimum Gasteiger partial charge on any atom is -0.387 e. The van der Waals surface area contributed by atoms with E-state index in [9.17, 15) is 32.9 Å². The number of anilines is 1. The van der Waals surface area contributed by atoms with E-state index in [-0.39, 0.29) is 5.82 Å². The number of ether oxygens (including phenoxy) is 1. The van der Waals surface area contributed by atoms with Crippen molar-refractivity contribution in [1.82, 2.24) is 9.55 Å². The van der Waals surface area contributed by atoms with Crippen molar-refractivity contribution in [3.8, 4) is 0 Å². The van der Waals surface area contributed by atoms with Crippen LogP contribution in [-0.4, -0.2) is 59.2 Å². The molecule has 0 amide bonds. The van der Waals surface area contributed by atoms with Crippen LogP contribution in [0.25, 0.3) is 0 Å². The van der Waals surface area contributed by atoms with Crippen LogP contribution in [0, 0.1) is 0 Å². The number of phosphoric ester groups is 1. The van der Waals surface area contributed by atoms with Crippen molar-refractivity contribution in [2.24, 2.45) is 0 Å². The Hall–Kier alpha value is -1.06. The van der Waals surface area contributed by atoms with E-state index in [0.717, 1.165) is 12.3 Å². The Bertz CT molecular complexity index is 951. The molecule has 0 spiro atoms. The minimum atomic E-state index is -5.74. The number of nitrogens with two attached hydrogens (primary N) is 1. The van der Waals surface area contributed by atoms with Crippen molar-refractivity contribution >= 4 is 29.3 Å². The van der Waals surface area contributed by atoms with Crippen molar-refractivity contribution in [3.63, 3.8) is 0 Å². The monoisotopic (exact) mass is 485 g/mol. The van der Waals surface area contributed by atoms with Crippen LogP contribution in [0.2, 0.25) is 0 Å². The molecule has 1 aliphatic heterocycles. The van der Waals surface area contributed by atoms with E-state index in [1.54, 1.807) is 0 Å². The van der Waals surface area contributed by atoms with Gasteiger partial charge < -0.3 is 35.2 Å². The maximum atomic E-state index is 14.3. The first kappa shape index (κ1) is 24.2. The maximum Gasteiger partial charge on any atom is 0.490 e. The third-order valence-corrected chi connectivity index (χ3v) is 7.04. The summed E-state index contributed by atoms with van der Waals surface area (Å²) in [6.45, 7) is -1.10. The Kier molecular flexibility index (Phi) is 7.17. The fourth-order valence-corrected chi connectivity index (χ4v) is 5.19. The minimum absolute atomic E-state index is 0.163. The molecule has 1 aliphatic rings. The summed E-state index contributed by atoms with van der Waals surface area (Å²) >= 11 is 0. The van der Waals surface area contributed by atoms with Crippen molar-refractivity contribution in [3.05, 3.63) is 22.7 Å². The Labute approximate surface area is 160 Å². The van der Waals surface area contributed by atoms with Crippen molar-refractivity contribution in [1.29, 1.82) is 0 Å². The zero-order valence-corrected chi connectivity index (χ0v) is 16.5. The van der Waals surface area contributed by atoms with Crippen LogP contribution in [0.1, 0.15) is 6.23 Å². The maximum absolute atomic E-state index is 14.3. The van der Waals surface area contributed by atoms with E-state index >= 15 is 0 Å². The van der Waals surface area contributed by atoms with Crippen molar-refractivity contribution in [2.75, 3.05) is 12.3 Å². The molecule has 0 aliphatic carbocycles. The second kappa shape index (κ2) is 8.59. The summed E-state index contributed by atoms with van der Waals surface area (Å²) in [7, 11) is -16.8. The molecule has 2 rings (SSSR count). The molecule has 1 aromatic rings. The molecule has 6 atom stereocenters. The third kappa shape index (κ3) is 6.72. The lowest BCUT2D eigenvalue weighted by Gasteiger charge is -2.19. The van der Waals surface area contributed by atoms with E-state index in [4.69, 9.17) is 25.2 Å². The first-order valence-corrected chi connectivity index (χ1v) is 11.7. The van der Waals surface area contributed by atoms with Crippen LogP contribution in [0.5, 0.6) is 0 Å². The lowest BCUT2D eigenvalue weighted by molar-refractivity contribution is -0.0481. The highest BCUT2D eigenvalue weighted by atomic mass is 31.3. The van der Waals surface area contributed by atoms with Gasteiger partial charge in [0.1, 0.15) is 18.0 Å². The van der Waals surface area contributed by atoms with Crippen LogP contribution >= 0.6 is 23.5 Å². The number of aromatic nitrogens is 2. The summed E-state index contributed by atoms with van der Waals surface area (Å²) in [5.74, 6) is -0.163. The normalized spacial score (nSPS) is 29.3. The van der Waals surface area contributed by atoms with Crippen LogP contribution < -0.4 is 11.4 Å². The number of nitrogens with zero attached hydrogens (tertiary/aromatic N) is 2. The molecular weight excluding hydrogens is 470 g/mol. The van der Waals surface area contributed by atoms with Gasteiger partial charge in [-0.05, 0) is 6.07 Å². The molecule has 29 heavy (non-hydrogen) atoms. The van der Waals surface area contributed by atoms with Gasteiger partial charge >= 0.3 is 29.2 Å². The van der Waals surface area contributed by atoms with Gasteiger partial charge in [-0.2, -0.15) is 13.6 Å². The van der Waals surface area contributed by atoms with Crippen LogP contribution in [0.3, 0.4) is 0 Å². The number of alkyl halides is 1. The predicted molar refractivity (Wildman–Crippen MR) is 87.5 cm³/mol. The Balaban J connectivity index is 2.05. The highest BCUT2D eigenvalue weighted by Gasteiger charge is 2.47. The Morgan fingerprint density at radius 3 is 2.38 bits per heavy atom. The molecular formula is C9H15FN3O13P3. The summed E-state index contributed by atoms with van der Waals surface area (Å²) in [4.78, 5) is 50.3. The average Bonchev–Trinajstić information content (AvgIpc) is 2.78. The predicted octanol–water partition coefficient (Wildman–Crippen LogP) is -1.23. The van der Waals surface area contributed by atoms with E-state index in [2.05, 4.69) is 18.1 Å². The zero-order chi connectivity index (χ0) is 22.2. The van der Waals surface area contributed by atoms with Gasteiger partial charge in [0.05, 0.1) is 6.61 Å². The molecule has 0 radical (unpaired) electrons. The lowest BCUT2D eigenvalue weighted by Crippen LogP contribution is -2.33. The molecule has 20 heteroatoms. The Morgan fingerprint density at radius 2 is 1.83 bits per heavy atom. The van der Waals surface area contributed by atoms with Gasteiger partial charge in [0.2, 0.25) is 0 Å². The summed E-state index contributed by atoms with van der Waals surface area (Å²) in [6.07, 6.45) is -6.53. The summed E-state index contributed by atoms with van der Waals surface area (Å²) in [5.41, 5.74) is 4.28.